The number of rotatable bonds is 36. The molecule has 12 heteroatoms. The topological polar surface area (TPSA) is 165 Å². The Hall–Kier alpha value is -3.08. The molecule has 0 aliphatic heterocycles. The van der Waals surface area contributed by atoms with E-state index in [1.807, 2.05) is 12.2 Å². The van der Waals surface area contributed by atoms with E-state index in [1.54, 1.807) is 6.08 Å². The van der Waals surface area contributed by atoms with E-state index in [-0.39, 0.29) is 51.2 Å². The van der Waals surface area contributed by atoms with Crippen LogP contribution in [0.4, 0.5) is 0 Å². The molecule has 0 saturated heterocycles. The summed E-state index contributed by atoms with van der Waals surface area (Å²) in [5, 5.41) is 0. The summed E-state index contributed by atoms with van der Waals surface area (Å²) in [6.45, 7) is 7.61. The van der Waals surface area contributed by atoms with Gasteiger partial charge in [-0.25, -0.2) is 4.57 Å². The van der Waals surface area contributed by atoms with Crippen LogP contribution in [0.3, 0.4) is 0 Å². The van der Waals surface area contributed by atoms with Gasteiger partial charge in [0.25, 0.3) is 0 Å². The fourth-order valence-electron chi connectivity index (χ4n) is 5.93. The van der Waals surface area contributed by atoms with Gasteiger partial charge in [0.05, 0.1) is 13.2 Å². The number of carbonyl (C=O) groups is 3. The summed E-state index contributed by atoms with van der Waals surface area (Å²) in [4.78, 5) is 47.2. The largest absolute Gasteiger partial charge is 0.472 e. The minimum absolute atomic E-state index is 0.00867. The average molecular weight is 820 g/mol. The van der Waals surface area contributed by atoms with Crippen molar-refractivity contribution in [1.82, 2.24) is 0 Å². The third kappa shape index (κ3) is 28.1. The Kier molecular flexibility index (Phi) is 30.8. The van der Waals surface area contributed by atoms with E-state index in [4.69, 9.17) is 28.7 Å². The molecule has 0 aromatic carbocycles. The maximum absolute atomic E-state index is 12.6. The Labute approximate surface area is 343 Å². The zero-order chi connectivity index (χ0) is 42.0. The highest BCUT2D eigenvalue weighted by Crippen LogP contribution is 2.43. The second-order valence-corrected chi connectivity index (χ2v) is 15.9. The quantitative estimate of drug-likeness (QED) is 0.0165. The van der Waals surface area contributed by atoms with Crippen molar-refractivity contribution in [2.75, 3.05) is 26.4 Å². The Morgan fingerprint density at radius 3 is 2.02 bits per heavy atom. The van der Waals surface area contributed by atoms with Crippen LogP contribution < -0.4 is 5.73 Å². The number of hydrogen-bond acceptors (Lipinski definition) is 10. The van der Waals surface area contributed by atoms with Crippen molar-refractivity contribution in [3.8, 4) is 0 Å². The van der Waals surface area contributed by atoms with Crippen molar-refractivity contribution in [2.24, 2.45) is 5.73 Å². The van der Waals surface area contributed by atoms with Crippen LogP contribution in [0.25, 0.3) is 0 Å². The van der Waals surface area contributed by atoms with E-state index in [9.17, 15) is 23.8 Å². The summed E-state index contributed by atoms with van der Waals surface area (Å²) in [5.74, 6) is 1.03. The number of esters is 2. The molecular weight excluding hydrogens is 745 g/mol. The zero-order valence-electron chi connectivity index (χ0n) is 35.5. The number of carbonyl (C=O) groups excluding carboxylic acids is 3. The molecule has 0 fully saturated rings. The van der Waals surface area contributed by atoms with Gasteiger partial charge in [-0.3, -0.25) is 23.4 Å². The monoisotopic (exact) mass is 820 g/mol. The lowest BCUT2D eigenvalue weighted by molar-refractivity contribution is -0.161. The van der Waals surface area contributed by atoms with Crippen LogP contribution in [0.5, 0.6) is 0 Å². The van der Waals surface area contributed by atoms with Crippen molar-refractivity contribution in [3.05, 3.63) is 71.3 Å². The molecular formula is C45H74NO10P. The second-order valence-electron chi connectivity index (χ2n) is 14.5. The number of phosphoric ester groups is 1. The molecule has 0 amide bonds. The molecule has 0 bridgehead atoms. The van der Waals surface area contributed by atoms with Gasteiger partial charge in [0.1, 0.15) is 18.1 Å². The Morgan fingerprint density at radius 2 is 1.33 bits per heavy atom. The first-order valence-corrected chi connectivity index (χ1v) is 22.9. The Balaban J connectivity index is 2.34. The summed E-state index contributed by atoms with van der Waals surface area (Å²) in [7, 11) is -4.46. The van der Waals surface area contributed by atoms with Gasteiger partial charge in [-0.1, -0.05) is 108 Å². The number of furan rings is 1. The molecule has 0 radical (unpaired) electrons. The predicted molar refractivity (Wildman–Crippen MR) is 228 cm³/mol. The Bertz CT molecular complexity index is 1410. The maximum atomic E-state index is 12.6. The second kappa shape index (κ2) is 33.8. The van der Waals surface area contributed by atoms with Gasteiger partial charge in [0, 0.05) is 38.6 Å². The number of hydrogen-bond donors (Lipinski definition) is 2. The smallest absolute Gasteiger partial charge is 0.466 e. The highest BCUT2D eigenvalue weighted by Gasteiger charge is 2.26. The highest BCUT2D eigenvalue weighted by molar-refractivity contribution is 7.47. The van der Waals surface area contributed by atoms with Crippen LogP contribution in [0.1, 0.15) is 158 Å². The van der Waals surface area contributed by atoms with E-state index in [0.29, 0.717) is 6.42 Å². The standard InChI is InChI=1S/C45H74NO10P/c1-5-7-8-9-10-11-12-13-14-15-18-21-24-29-40(47)30-27-33-45(49)55-41(37-54-57(50,51)53-35-34-46)36-52-44(48)32-26-23-20-17-16-19-22-25-31-43-39(4)38(3)42(56-43)28-6-2/h10-11,13-14,18,21,24,29,41H,5-9,12,15-17,19-20,22-23,25-28,30-37,46H2,1-4H3,(H,50,51)/b11-10-,14-13-,21-18-,29-24+/t41-/m1/s1. The average Bonchev–Trinajstić information content (AvgIpc) is 3.45. The molecule has 324 valence electrons. The van der Waals surface area contributed by atoms with Crippen LogP contribution in [0.15, 0.2) is 53.0 Å². The molecule has 3 N–H and O–H groups in total. The van der Waals surface area contributed by atoms with Crippen LogP contribution in [-0.2, 0) is 50.3 Å². The number of phosphoric acid groups is 1. The van der Waals surface area contributed by atoms with Crippen LogP contribution >= 0.6 is 7.82 Å². The third-order valence-electron chi connectivity index (χ3n) is 9.37. The third-order valence-corrected chi connectivity index (χ3v) is 10.4. The van der Waals surface area contributed by atoms with Gasteiger partial charge >= 0.3 is 19.8 Å². The molecule has 0 saturated carbocycles. The van der Waals surface area contributed by atoms with Crippen molar-refractivity contribution >= 4 is 25.5 Å². The summed E-state index contributed by atoms with van der Waals surface area (Å²) >= 11 is 0. The predicted octanol–water partition coefficient (Wildman–Crippen LogP) is 10.8. The normalized spacial score (nSPS) is 13.6. The maximum Gasteiger partial charge on any atom is 0.472 e. The first-order chi connectivity index (χ1) is 27.5. The molecule has 1 heterocycles. The first-order valence-electron chi connectivity index (χ1n) is 21.4. The van der Waals surface area contributed by atoms with Crippen LogP contribution in [-0.4, -0.2) is 55.1 Å². The van der Waals surface area contributed by atoms with Gasteiger partial charge in [-0.15, -0.1) is 0 Å². The molecule has 1 rings (SSSR count). The summed E-state index contributed by atoms with van der Waals surface area (Å²) in [6, 6.07) is 0. The van der Waals surface area contributed by atoms with E-state index in [0.717, 1.165) is 82.1 Å². The van der Waals surface area contributed by atoms with Gasteiger partial charge < -0.3 is 24.5 Å². The number of allylic oxidation sites excluding steroid dienone is 8. The fraction of sp³-hybridized carbons (Fsp3) is 0.667. The SMILES string of the molecule is CCCCC/C=C\C/C=C\C/C=C\C=C\C(=O)CCCC(=O)O[C@H](COC(=O)CCCCCCCCCCc1oc(CCC)c(C)c1C)COP(=O)(O)OCCN. The number of ether oxygens (including phenoxy) is 2. The zero-order valence-corrected chi connectivity index (χ0v) is 36.4. The summed E-state index contributed by atoms with van der Waals surface area (Å²) in [5.41, 5.74) is 7.93. The lowest BCUT2D eigenvalue weighted by Crippen LogP contribution is -2.29. The van der Waals surface area contributed by atoms with Crippen molar-refractivity contribution < 1.29 is 46.8 Å². The number of aryl methyl sites for hydroxylation is 2. The molecule has 1 aromatic rings. The Morgan fingerprint density at radius 1 is 0.702 bits per heavy atom. The first kappa shape index (κ1) is 51.9. The lowest BCUT2D eigenvalue weighted by atomic mass is 10.0. The van der Waals surface area contributed by atoms with Crippen LogP contribution in [0.2, 0.25) is 0 Å². The molecule has 57 heavy (non-hydrogen) atoms. The van der Waals surface area contributed by atoms with E-state index in [2.05, 4.69) is 52.0 Å². The number of nitrogens with two attached hydrogens (primary N) is 1. The van der Waals surface area contributed by atoms with Crippen molar-refractivity contribution in [1.29, 1.82) is 0 Å². The molecule has 0 aliphatic rings. The van der Waals surface area contributed by atoms with Gasteiger partial charge in [0.2, 0.25) is 0 Å². The summed E-state index contributed by atoms with van der Waals surface area (Å²) < 4.78 is 38.7. The van der Waals surface area contributed by atoms with E-state index >= 15 is 0 Å². The highest BCUT2D eigenvalue weighted by atomic mass is 31.2. The lowest BCUT2D eigenvalue weighted by Gasteiger charge is -2.19. The van der Waals surface area contributed by atoms with Crippen molar-refractivity contribution in [2.45, 2.75) is 169 Å². The van der Waals surface area contributed by atoms with Crippen molar-refractivity contribution in [3.63, 3.8) is 0 Å². The van der Waals surface area contributed by atoms with Gasteiger partial charge in [-0.05, 0) is 82.4 Å². The number of unbranched alkanes of at least 4 members (excludes halogenated alkanes) is 10. The number of ketones is 1. The van der Waals surface area contributed by atoms with Gasteiger partial charge in [-0.2, -0.15) is 0 Å². The fourth-order valence-corrected chi connectivity index (χ4v) is 6.69. The van der Waals surface area contributed by atoms with E-state index in [1.165, 1.54) is 49.3 Å². The molecule has 0 spiro atoms. The molecule has 0 aliphatic carbocycles. The minimum Gasteiger partial charge on any atom is -0.466 e. The molecule has 1 unspecified atom stereocenters. The van der Waals surface area contributed by atoms with E-state index < -0.39 is 32.5 Å². The summed E-state index contributed by atoms with van der Waals surface area (Å²) in [6.07, 6.45) is 32.8. The molecule has 11 nitrogen and oxygen atoms in total. The van der Waals surface area contributed by atoms with Crippen LogP contribution in [0, 0.1) is 13.8 Å². The molecule has 1 aromatic heterocycles. The van der Waals surface area contributed by atoms with Gasteiger partial charge in [0.15, 0.2) is 11.9 Å². The molecule has 2 atom stereocenters. The minimum atomic E-state index is -4.46.